The van der Waals surface area contributed by atoms with Crippen molar-refractivity contribution in [2.45, 2.75) is 18.6 Å². The summed E-state index contributed by atoms with van der Waals surface area (Å²) in [5.74, 6) is 0.208. The fourth-order valence-electron chi connectivity index (χ4n) is 2.55. The Labute approximate surface area is 161 Å². The lowest BCUT2D eigenvalue weighted by atomic mass is 10.2. The summed E-state index contributed by atoms with van der Waals surface area (Å²) in [6.07, 6.45) is 0. The molecule has 136 valence electrons. The van der Waals surface area contributed by atoms with Gasteiger partial charge in [0.05, 0.1) is 23.4 Å². The third kappa shape index (κ3) is 4.58. The van der Waals surface area contributed by atoms with Gasteiger partial charge >= 0.3 is 0 Å². The fraction of sp³-hybridized carbons (Fsp3) is 0.263. The van der Waals surface area contributed by atoms with Gasteiger partial charge in [0.1, 0.15) is 0 Å². The van der Waals surface area contributed by atoms with E-state index in [0.29, 0.717) is 18.2 Å². The summed E-state index contributed by atoms with van der Waals surface area (Å²) in [6, 6.07) is 13.3. The van der Waals surface area contributed by atoms with Crippen LogP contribution in [0.3, 0.4) is 0 Å². The number of amides is 1. The Bertz CT molecular complexity index is 909. The predicted octanol–water partition coefficient (Wildman–Crippen LogP) is 4.38. The number of aromatic nitrogens is 2. The van der Waals surface area contributed by atoms with Crippen molar-refractivity contribution in [2.24, 2.45) is 0 Å². The van der Waals surface area contributed by atoms with E-state index in [0.717, 1.165) is 27.4 Å². The minimum atomic E-state index is -0.0674. The minimum absolute atomic E-state index is 0.0674. The summed E-state index contributed by atoms with van der Waals surface area (Å²) in [5, 5.41) is 4.32. The number of nitrogens with zero attached hydrogens (tertiary/aromatic N) is 2. The number of hydrogen-bond donors (Lipinski definition) is 1. The second kappa shape index (κ2) is 8.58. The summed E-state index contributed by atoms with van der Waals surface area (Å²) in [6.45, 7) is 3.24. The average Bonchev–Trinajstić information content (AvgIpc) is 2.96. The van der Waals surface area contributed by atoms with Crippen molar-refractivity contribution in [2.75, 3.05) is 24.8 Å². The van der Waals surface area contributed by atoms with E-state index in [-0.39, 0.29) is 11.7 Å². The van der Waals surface area contributed by atoms with Gasteiger partial charge in [-0.25, -0.2) is 4.98 Å². The Morgan fingerprint density at radius 3 is 2.77 bits per heavy atom. The highest BCUT2D eigenvalue weighted by Gasteiger charge is 2.13. The van der Waals surface area contributed by atoms with Gasteiger partial charge in [-0.1, -0.05) is 41.1 Å². The summed E-state index contributed by atoms with van der Waals surface area (Å²) in [7, 11) is 1.66. The molecular weight excluding hydrogens is 370 g/mol. The fourth-order valence-corrected chi connectivity index (χ4v) is 3.56. The van der Waals surface area contributed by atoms with E-state index in [4.69, 9.17) is 16.3 Å². The molecule has 0 spiro atoms. The number of anilines is 1. The second-order valence-corrected chi connectivity index (χ2v) is 7.25. The number of imidazole rings is 1. The SMILES string of the molecule is COCCn1c(SCC(=O)Nc2ccc(C)cc2)nc2cc(Cl)ccc21. The van der Waals surface area contributed by atoms with Crippen molar-refractivity contribution >= 4 is 46.0 Å². The van der Waals surface area contributed by atoms with Crippen LogP contribution in [-0.4, -0.2) is 34.9 Å². The van der Waals surface area contributed by atoms with E-state index in [1.165, 1.54) is 11.8 Å². The van der Waals surface area contributed by atoms with Gasteiger partial charge in [-0.3, -0.25) is 4.79 Å². The van der Waals surface area contributed by atoms with Crippen LogP contribution < -0.4 is 5.32 Å². The van der Waals surface area contributed by atoms with E-state index in [2.05, 4.69) is 14.9 Å². The number of rotatable bonds is 7. The Hall–Kier alpha value is -2.02. The first kappa shape index (κ1) is 18.8. The summed E-state index contributed by atoms with van der Waals surface area (Å²) >= 11 is 7.47. The van der Waals surface area contributed by atoms with Crippen molar-refractivity contribution in [1.29, 1.82) is 0 Å². The largest absolute Gasteiger partial charge is 0.383 e. The summed E-state index contributed by atoms with van der Waals surface area (Å²) in [5.41, 5.74) is 3.74. The molecule has 0 radical (unpaired) electrons. The molecule has 1 amide bonds. The second-order valence-electron chi connectivity index (χ2n) is 5.87. The molecule has 0 aliphatic heterocycles. The first-order valence-corrected chi connectivity index (χ1v) is 9.57. The van der Waals surface area contributed by atoms with Crippen LogP contribution in [0.25, 0.3) is 11.0 Å². The van der Waals surface area contributed by atoms with Crippen LogP contribution in [0.15, 0.2) is 47.6 Å². The smallest absolute Gasteiger partial charge is 0.234 e. The number of thioether (sulfide) groups is 1. The first-order valence-electron chi connectivity index (χ1n) is 8.21. The van der Waals surface area contributed by atoms with Gasteiger partial charge in [-0.2, -0.15) is 0 Å². The van der Waals surface area contributed by atoms with Crippen LogP contribution in [0, 0.1) is 6.92 Å². The summed E-state index contributed by atoms with van der Waals surface area (Å²) < 4.78 is 7.25. The lowest BCUT2D eigenvalue weighted by molar-refractivity contribution is -0.113. The molecule has 0 saturated heterocycles. The quantitative estimate of drug-likeness (QED) is 0.609. The number of aryl methyl sites for hydroxylation is 1. The Morgan fingerprint density at radius 1 is 1.27 bits per heavy atom. The lowest BCUT2D eigenvalue weighted by Crippen LogP contribution is -2.15. The molecule has 1 heterocycles. The van der Waals surface area contributed by atoms with Gasteiger partial charge in [0.15, 0.2) is 5.16 Å². The number of fused-ring (bicyclic) bond motifs is 1. The summed E-state index contributed by atoms with van der Waals surface area (Å²) in [4.78, 5) is 16.9. The van der Waals surface area contributed by atoms with Crippen molar-refractivity contribution in [1.82, 2.24) is 9.55 Å². The molecular formula is C19H20ClN3O2S. The van der Waals surface area contributed by atoms with Crippen LogP contribution in [0.5, 0.6) is 0 Å². The average molecular weight is 390 g/mol. The molecule has 3 rings (SSSR count). The Morgan fingerprint density at radius 2 is 2.04 bits per heavy atom. The molecule has 2 aromatic carbocycles. The molecule has 1 N–H and O–H groups in total. The van der Waals surface area contributed by atoms with Crippen LogP contribution in [0.1, 0.15) is 5.56 Å². The van der Waals surface area contributed by atoms with Crippen LogP contribution in [0.2, 0.25) is 5.02 Å². The van der Waals surface area contributed by atoms with E-state index in [1.807, 2.05) is 49.4 Å². The predicted molar refractivity (Wildman–Crippen MR) is 107 cm³/mol. The number of halogens is 1. The standard InChI is InChI=1S/C19H20ClN3O2S/c1-13-3-6-15(7-4-13)21-18(24)12-26-19-22-16-11-14(20)5-8-17(16)23(19)9-10-25-2/h3-8,11H,9-10,12H2,1-2H3,(H,21,24). The van der Waals surface area contributed by atoms with Gasteiger partial charge < -0.3 is 14.6 Å². The molecule has 1 aromatic heterocycles. The normalized spacial score (nSPS) is 11.0. The van der Waals surface area contributed by atoms with Gasteiger partial charge in [0, 0.05) is 24.4 Å². The maximum absolute atomic E-state index is 12.3. The van der Waals surface area contributed by atoms with Crippen molar-refractivity contribution in [3.05, 3.63) is 53.1 Å². The molecule has 0 bridgehead atoms. The van der Waals surface area contributed by atoms with E-state index < -0.39 is 0 Å². The monoisotopic (exact) mass is 389 g/mol. The highest BCUT2D eigenvalue weighted by molar-refractivity contribution is 7.99. The van der Waals surface area contributed by atoms with Crippen molar-refractivity contribution < 1.29 is 9.53 Å². The van der Waals surface area contributed by atoms with E-state index in [9.17, 15) is 4.79 Å². The van der Waals surface area contributed by atoms with Gasteiger partial charge in [-0.05, 0) is 37.3 Å². The number of ether oxygens (including phenoxy) is 1. The maximum atomic E-state index is 12.3. The first-order chi connectivity index (χ1) is 12.6. The van der Waals surface area contributed by atoms with Crippen LogP contribution in [0.4, 0.5) is 5.69 Å². The van der Waals surface area contributed by atoms with Gasteiger partial charge in [-0.15, -0.1) is 0 Å². The molecule has 0 aliphatic carbocycles. The molecule has 3 aromatic rings. The topological polar surface area (TPSA) is 56.1 Å². The zero-order chi connectivity index (χ0) is 18.5. The van der Waals surface area contributed by atoms with Gasteiger partial charge in [0.2, 0.25) is 5.91 Å². The minimum Gasteiger partial charge on any atom is -0.383 e. The lowest BCUT2D eigenvalue weighted by Gasteiger charge is -2.09. The van der Waals surface area contributed by atoms with Crippen molar-refractivity contribution in [3.63, 3.8) is 0 Å². The van der Waals surface area contributed by atoms with Gasteiger partial charge in [0.25, 0.3) is 0 Å². The number of benzene rings is 2. The highest BCUT2D eigenvalue weighted by Crippen LogP contribution is 2.26. The maximum Gasteiger partial charge on any atom is 0.234 e. The third-order valence-corrected chi connectivity index (χ3v) is 5.07. The van der Waals surface area contributed by atoms with Crippen LogP contribution in [-0.2, 0) is 16.1 Å². The molecule has 0 saturated carbocycles. The third-order valence-electron chi connectivity index (χ3n) is 3.86. The zero-order valence-corrected chi connectivity index (χ0v) is 16.2. The number of carbonyl (C=O) groups is 1. The molecule has 7 heteroatoms. The van der Waals surface area contributed by atoms with E-state index >= 15 is 0 Å². The Kier molecular flexibility index (Phi) is 6.19. The molecule has 0 fully saturated rings. The van der Waals surface area contributed by atoms with Crippen molar-refractivity contribution in [3.8, 4) is 0 Å². The van der Waals surface area contributed by atoms with E-state index in [1.54, 1.807) is 7.11 Å². The Balaban J connectivity index is 1.72. The molecule has 0 unspecified atom stereocenters. The zero-order valence-electron chi connectivity index (χ0n) is 14.7. The number of nitrogens with one attached hydrogen (secondary N) is 1. The van der Waals surface area contributed by atoms with Crippen LogP contribution >= 0.6 is 23.4 Å². The number of methoxy groups -OCH3 is 1. The number of carbonyl (C=O) groups excluding carboxylic acids is 1. The molecule has 0 atom stereocenters. The number of hydrogen-bond acceptors (Lipinski definition) is 4. The molecule has 0 aliphatic rings. The molecule has 26 heavy (non-hydrogen) atoms. The highest BCUT2D eigenvalue weighted by atomic mass is 35.5. The molecule has 5 nitrogen and oxygen atoms in total.